The highest BCUT2D eigenvalue weighted by atomic mass is 16.5. The standard InChI is InChI=1S/C24H33N5O3/c1-16(2)20-19-15-32-24(3,4)13-17(19)18(14-25)21(26-20)27-9-11-29(12-10-27)23(31)22(30)28-7-5-6-8-28/h16H,5-13,15H2,1-4H3. The summed E-state index contributed by atoms with van der Waals surface area (Å²) in [6.45, 7) is 12.1. The number of carbonyl (C=O) groups is 2. The Morgan fingerprint density at radius 1 is 1.00 bits per heavy atom. The number of pyridine rings is 1. The number of hydrogen-bond donors (Lipinski definition) is 0. The van der Waals surface area contributed by atoms with Crippen LogP contribution in [0.4, 0.5) is 5.82 Å². The predicted octanol–water partition coefficient (Wildman–Crippen LogP) is 2.20. The molecule has 1 aromatic heterocycles. The monoisotopic (exact) mass is 439 g/mol. The van der Waals surface area contributed by atoms with Crippen molar-refractivity contribution in [3.05, 3.63) is 22.4 Å². The Morgan fingerprint density at radius 2 is 1.59 bits per heavy atom. The van der Waals surface area contributed by atoms with Gasteiger partial charge >= 0.3 is 11.8 Å². The third-order valence-electron chi connectivity index (χ3n) is 6.74. The maximum absolute atomic E-state index is 12.7. The summed E-state index contributed by atoms with van der Waals surface area (Å²) in [5, 5.41) is 10.1. The minimum absolute atomic E-state index is 0.209. The van der Waals surface area contributed by atoms with Crippen molar-refractivity contribution in [1.29, 1.82) is 5.26 Å². The number of amides is 2. The summed E-state index contributed by atoms with van der Waals surface area (Å²) >= 11 is 0. The van der Waals surface area contributed by atoms with E-state index in [4.69, 9.17) is 9.72 Å². The van der Waals surface area contributed by atoms with E-state index in [9.17, 15) is 14.9 Å². The van der Waals surface area contributed by atoms with Gasteiger partial charge in [0.15, 0.2) is 0 Å². The van der Waals surface area contributed by atoms with Crippen molar-refractivity contribution >= 4 is 17.6 Å². The van der Waals surface area contributed by atoms with Crippen LogP contribution < -0.4 is 4.90 Å². The van der Waals surface area contributed by atoms with Gasteiger partial charge < -0.3 is 19.4 Å². The van der Waals surface area contributed by atoms with Gasteiger partial charge in [0.05, 0.1) is 23.5 Å². The molecule has 2 amide bonds. The van der Waals surface area contributed by atoms with Crippen LogP contribution in [0.1, 0.15) is 68.8 Å². The molecule has 0 radical (unpaired) electrons. The maximum atomic E-state index is 12.7. The summed E-state index contributed by atoms with van der Waals surface area (Å²) in [6, 6.07) is 2.41. The third-order valence-corrected chi connectivity index (χ3v) is 6.74. The molecule has 0 N–H and O–H groups in total. The number of carbonyl (C=O) groups excluding carboxylic acids is 2. The molecule has 32 heavy (non-hydrogen) atoms. The molecule has 2 saturated heterocycles. The summed E-state index contributed by atoms with van der Waals surface area (Å²) < 4.78 is 6.03. The van der Waals surface area contributed by atoms with Crippen LogP contribution >= 0.6 is 0 Å². The van der Waals surface area contributed by atoms with Gasteiger partial charge in [0.2, 0.25) is 0 Å². The van der Waals surface area contributed by atoms with Crippen LogP contribution in [0, 0.1) is 11.3 Å². The summed E-state index contributed by atoms with van der Waals surface area (Å²) in [5.74, 6) is 0.115. The van der Waals surface area contributed by atoms with Crippen molar-refractivity contribution in [1.82, 2.24) is 14.8 Å². The topological polar surface area (TPSA) is 89.8 Å². The van der Waals surface area contributed by atoms with Crippen molar-refractivity contribution in [2.75, 3.05) is 44.2 Å². The zero-order valence-corrected chi connectivity index (χ0v) is 19.6. The molecule has 8 heteroatoms. The molecule has 8 nitrogen and oxygen atoms in total. The van der Waals surface area contributed by atoms with Gasteiger partial charge in [-0.1, -0.05) is 13.8 Å². The van der Waals surface area contributed by atoms with Crippen LogP contribution in [-0.4, -0.2) is 71.5 Å². The van der Waals surface area contributed by atoms with E-state index in [0.717, 1.165) is 29.7 Å². The fourth-order valence-electron chi connectivity index (χ4n) is 4.91. The molecular formula is C24H33N5O3. The molecule has 3 aliphatic rings. The molecule has 0 saturated carbocycles. The van der Waals surface area contributed by atoms with Gasteiger partial charge in [-0.15, -0.1) is 0 Å². The molecule has 172 valence electrons. The fraction of sp³-hybridized carbons (Fsp3) is 0.667. The van der Waals surface area contributed by atoms with Crippen LogP contribution in [0.25, 0.3) is 0 Å². The average molecular weight is 440 g/mol. The lowest BCUT2D eigenvalue weighted by Crippen LogP contribution is -2.53. The molecule has 1 aromatic rings. The first-order chi connectivity index (χ1) is 15.2. The van der Waals surface area contributed by atoms with E-state index in [2.05, 4.69) is 24.8 Å². The summed E-state index contributed by atoms with van der Waals surface area (Å²) in [6.07, 6.45) is 2.60. The second-order valence-corrected chi connectivity index (χ2v) is 9.92. The van der Waals surface area contributed by atoms with Crippen LogP contribution in [0.15, 0.2) is 0 Å². The quantitative estimate of drug-likeness (QED) is 0.657. The Labute approximate surface area is 190 Å². The molecule has 4 heterocycles. The molecule has 0 unspecified atom stereocenters. The van der Waals surface area contributed by atoms with E-state index >= 15 is 0 Å². The van der Waals surface area contributed by atoms with Gasteiger partial charge in [0.25, 0.3) is 0 Å². The predicted molar refractivity (Wildman–Crippen MR) is 120 cm³/mol. The number of nitrogens with zero attached hydrogens (tertiary/aromatic N) is 5. The first kappa shape index (κ1) is 22.5. The zero-order chi connectivity index (χ0) is 23.0. The second kappa shape index (κ2) is 8.70. The van der Waals surface area contributed by atoms with Gasteiger partial charge in [0, 0.05) is 51.3 Å². The number of rotatable bonds is 2. The summed E-state index contributed by atoms with van der Waals surface area (Å²) in [5.41, 5.74) is 3.36. The van der Waals surface area contributed by atoms with Gasteiger partial charge in [-0.05, 0) is 38.2 Å². The van der Waals surface area contributed by atoms with Gasteiger partial charge in [-0.2, -0.15) is 5.26 Å². The number of piperazine rings is 1. The van der Waals surface area contributed by atoms with Crippen LogP contribution in [-0.2, 0) is 27.4 Å². The maximum Gasteiger partial charge on any atom is 0.312 e. The minimum atomic E-state index is -0.410. The Hall–Kier alpha value is -2.66. The normalized spacial score (nSPS) is 20.3. The van der Waals surface area contributed by atoms with Crippen molar-refractivity contribution in [2.45, 2.75) is 65.1 Å². The summed E-state index contributed by atoms with van der Waals surface area (Å²) in [4.78, 5) is 35.5. The Bertz CT molecular complexity index is 951. The lowest BCUT2D eigenvalue weighted by atomic mass is 9.86. The number of anilines is 1. The van der Waals surface area contributed by atoms with Crippen molar-refractivity contribution < 1.29 is 14.3 Å². The molecule has 0 aliphatic carbocycles. The van der Waals surface area contributed by atoms with E-state index in [1.54, 1.807) is 9.80 Å². The lowest BCUT2D eigenvalue weighted by Gasteiger charge is -2.38. The van der Waals surface area contributed by atoms with E-state index in [1.807, 2.05) is 13.8 Å². The fourth-order valence-corrected chi connectivity index (χ4v) is 4.91. The first-order valence-corrected chi connectivity index (χ1v) is 11.6. The van der Waals surface area contributed by atoms with Gasteiger partial charge in [0.1, 0.15) is 11.9 Å². The summed E-state index contributed by atoms with van der Waals surface area (Å²) in [7, 11) is 0. The van der Waals surface area contributed by atoms with E-state index < -0.39 is 5.91 Å². The zero-order valence-electron chi connectivity index (χ0n) is 19.6. The molecule has 0 spiro atoms. The largest absolute Gasteiger partial charge is 0.370 e. The minimum Gasteiger partial charge on any atom is -0.370 e. The number of fused-ring (bicyclic) bond motifs is 1. The van der Waals surface area contributed by atoms with E-state index in [1.165, 1.54) is 0 Å². The van der Waals surface area contributed by atoms with Crippen molar-refractivity contribution in [3.8, 4) is 6.07 Å². The number of nitriles is 1. The smallest absolute Gasteiger partial charge is 0.312 e. The number of hydrogen-bond acceptors (Lipinski definition) is 6. The Balaban J connectivity index is 1.57. The molecule has 0 bridgehead atoms. The number of ether oxygens (including phenoxy) is 1. The molecule has 0 atom stereocenters. The van der Waals surface area contributed by atoms with Crippen LogP contribution in [0.5, 0.6) is 0 Å². The molecule has 2 fully saturated rings. The van der Waals surface area contributed by atoms with E-state index in [-0.39, 0.29) is 17.4 Å². The van der Waals surface area contributed by atoms with Crippen LogP contribution in [0.3, 0.4) is 0 Å². The highest BCUT2D eigenvalue weighted by Crippen LogP contribution is 2.37. The number of likely N-dealkylation sites (tertiary alicyclic amines) is 1. The van der Waals surface area contributed by atoms with Gasteiger partial charge in [-0.25, -0.2) is 4.98 Å². The molecule has 3 aliphatic heterocycles. The third kappa shape index (κ3) is 4.18. The number of aromatic nitrogens is 1. The first-order valence-electron chi connectivity index (χ1n) is 11.6. The average Bonchev–Trinajstić information content (AvgIpc) is 3.31. The molecule has 4 rings (SSSR count). The highest BCUT2D eigenvalue weighted by molar-refractivity contribution is 6.35. The Morgan fingerprint density at radius 3 is 2.16 bits per heavy atom. The van der Waals surface area contributed by atoms with Crippen molar-refractivity contribution in [3.63, 3.8) is 0 Å². The SMILES string of the molecule is CC(C)c1nc(N2CCN(C(=O)C(=O)N3CCCC3)CC2)c(C#N)c2c1COC(C)(C)C2. The van der Waals surface area contributed by atoms with Crippen LogP contribution in [0.2, 0.25) is 0 Å². The highest BCUT2D eigenvalue weighted by Gasteiger charge is 2.35. The molecule has 0 aromatic carbocycles. The molecular weight excluding hydrogens is 406 g/mol. The lowest BCUT2D eigenvalue weighted by molar-refractivity contribution is -0.151. The van der Waals surface area contributed by atoms with Crippen molar-refractivity contribution in [2.24, 2.45) is 0 Å². The van der Waals surface area contributed by atoms with Gasteiger partial charge in [-0.3, -0.25) is 9.59 Å². The van der Waals surface area contributed by atoms with E-state index in [0.29, 0.717) is 63.7 Å². The Kier molecular flexibility index (Phi) is 6.13. The second-order valence-electron chi connectivity index (χ2n) is 9.92.